The molecule has 21 heavy (non-hydrogen) atoms. The summed E-state index contributed by atoms with van der Waals surface area (Å²) in [7, 11) is 0. The van der Waals surface area contributed by atoms with E-state index in [0.717, 1.165) is 12.8 Å². The Balaban J connectivity index is 1.98. The van der Waals surface area contributed by atoms with Gasteiger partial charge in [0.2, 0.25) is 5.91 Å². The summed E-state index contributed by atoms with van der Waals surface area (Å²) in [5, 5.41) is 2.98. The Morgan fingerprint density at radius 2 is 1.95 bits per heavy atom. The Bertz CT molecular complexity index is 494. The van der Waals surface area contributed by atoms with Crippen molar-refractivity contribution in [2.24, 2.45) is 5.73 Å². The molecule has 1 aliphatic carbocycles. The molecule has 0 aliphatic heterocycles. The van der Waals surface area contributed by atoms with Crippen LogP contribution in [0.2, 0.25) is 0 Å². The number of carbonyl (C=O) groups is 1. The fourth-order valence-corrected chi connectivity index (χ4v) is 2.24. The highest BCUT2D eigenvalue weighted by Gasteiger charge is 2.49. The fourth-order valence-electron chi connectivity index (χ4n) is 2.24. The minimum absolute atomic E-state index is 0.225. The van der Waals surface area contributed by atoms with Gasteiger partial charge in [0.15, 0.2) is 5.82 Å². The number of aromatic nitrogens is 2. The van der Waals surface area contributed by atoms with Crippen molar-refractivity contribution < 1.29 is 9.53 Å². The van der Waals surface area contributed by atoms with Gasteiger partial charge in [0.1, 0.15) is 6.04 Å². The van der Waals surface area contributed by atoms with E-state index in [9.17, 15) is 4.79 Å². The summed E-state index contributed by atoms with van der Waals surface area (Å²) >= 11 is 0. The van der Waals surface area contributed by atoms with E-state index < -0.39 is 11.6 Å². The lowest BCUT2D eigenvalue weighted by atomic mass is 10.1. The zero-order chi connectivity index (χ0) is 15.7. The van der Waals surface area contributed by atoms with Gasteiger partial charge in [-0.25, -0.2) is 9.97 Å². The lowest BCUT2D eigenvalue weighted by Gasteiger charge is -2.29. The van der Waals surface area contributed by atoms with E-state index >= 15 is 0 Å². The Kier molecular flexibility index (Phi) is 4.30. The topological polar surface area (TPSA) is 90.1 Å². The normalized spacial score (nSPS) is 19.7. The van der Waals surface area contributed by atoms with Crippen LogP contribution in [0.5, 0.6) is 0 Å². The van der Waals surface area contributed by atoms with E-state index in [-0.39, 0.29) is 17.6 Å². The van der Waals surface area contributed by atoms with Crippen LogP contribution in [0.1, 0.15) is 46.4 Å². The van der Waals surface area contributed by atoms with Crippen LogP contribution in [0.4, 0.5) is 0 Å². The van der Waals surface area contributed by atoms with Crippen LogP contribution in [0.25, 0.3) is 0 Å². The second-order valence-corrected chi connectivity index (χ2v) is 6.60. The molecule has 1 saturated carbocycles. The third-order valence-electron chi connectivity index (χ3n) is 3.45. The summed E-state index contributed by atoms with van der Waals surface area (Å²) in [5.74, 6) is 0.423. The van der Waals surface area contributed by atoms with Crippen molar-refractivity contribution in [3.63, 3.8) is 0 Å². The molecule has 1 aromatic heterocycles. The van der Waals surface area contributed by atoms with Gasteiger partial charge >= 0.3 is 0 Å². The summed E-state index contributed by atoms with van der Waals surface area (Å²) in [6.45, 7) is 7.63. The van der Waals surface area contributed by atoms with Gasteiger partial charge in [-0.1, -0.05) is 0 Å². The maximum absolute atomic E-state index is 12.3. The molecule has 1 fully saturated rings. The summed E-state index contributed by atoms with van der Waals surface area (Å²) in [6, 6.07) is 1.04. The lowest BCUT2D eigenvalue weighted by molar-refractivity contribution is -0.130. The SMILES string of the molecule is C[C@@H](OC(C)(C)C)[C@H](N)C(=O)NC1(c2ncccn2)CC1. The van der Waals surface area contributed by atoms with E-state index in [1.54, 1.807) is 18.5 Å². The van der Waals surface area contributed by atoms with Gasteiger partial charge in [0.05, 0.1) is 17.2 Å². The second-order valence-electron chi connectivity index (χ2n) is 6.60. The molecule has 6 nitrogen and oxygen atoms in total. The number of carbonyl (C=O) groups excluding carboxylic acids is 1. The van der Waals surface area contributed by atoms with Crippen LogP contribution >= 0.6 is 0 Å². The van der Waals surface area contributed by atoms with Crippen LogP contribution < -0.4 is 11.1 Å². The largest absolute Gasteiger partial charge is 0.371 e. The molecule has 116 valence electrons. The molecule has 2 rings (SSSR count). The number of rotatable bonds is 5. The molecule has 0 radical (unpaired) electrons. The molecular formula is C15H24N4O2. The zero-order valence-corrected chi connectivity index (χ0v) is 13.1. The van der Waals surface area contributed by atoms with Crippen LogP contribution in [-0.2, 0) is 15.1 Å². The van der Waals surface area contributed by atoms with E-state index in [4.69, 9.17) is 10.5 Å². The lowest BCUT2D eigenvalue weighted by Crippen LogP contribution is -2.52. The number of amides is 1. The van der Waals surface area contributed by atoms with E-state index in [0.29, 0.717) is 5.82 Å². The number of nitrogens with zero attached hydrogens (tertiary/aromatic N) is 2. The summed E-state index contributed by atoms with van der Waals surface area (Å²) in [4.78, 5) is 20.8. The highest BCUT2D eigenvalue weighted by molar-refractivity contribution is 5.83. The second kappa shape index (κ2) is 5.69. The molecular weight excluding hydrogens is 268 g/mol. The first kappa shape index (κ1) is 15.9. The monoisotopic (exact) mass is 292 g/mol. The molecule has 6 heteroatoms. The molecule has 0 unspecified atom stereocenters. The van der Waals surface area contributed by atoms with E-state index in [1.165, 1.54) is 0 Å². The molecule has 3 N–H and O–H groups in total. The minimum atomic E-state index is -0.717. The molecule has 0 aromatic carbocycles. The zero-order valence-electron chi connectivity index (χ0n) is 13.1. The third-order valence-corrected chi connectivity index (χ3v) is 3.45. The standard InChI is InChI=1S/C15H24N4O2/c1-10(21-14(2,3)4)11(16)12(20)19-15(6-7-15)13-17-8-5-9-18-13/h5,8-11H,6-7,16H2,1-4H3,(H,19,20)/t10-,11+/m1/s1. The first-order valence-electron chi connectivity index (χ1n) is 7.26. The average molecular weight is 292 g/mol. The van der Waals surface area contributed by atoms with Crippen LogP contribution in [0.3, 0.4) is 0 Å². The van der Waals surface area contributed by atoms with Gasteiger partial charge in [-0.2, -0.15) is 0 Å². The Morgan fingerprint density at radius 1 is 1.38 bits per heavy atom. The highest BCUT2D eigenvalue weighted by Crippen LogP contribution is 2.43. The number of hydrogen-bond donors (Lipinski definition) is 2. The van der Waals surface area contributed by atoms with E-state index in [2.05, 4.69) is 15.3 Å². The van der Waals surface area contributed by atoms with Gasteiger partial charge in [0, 0.05) is 12.4 Å². The quantitative estimate of drug-likeness (QED) is 0.848. The summed E-state index contributed by atoms with van der Waals surface area (Å²) in [6.07, 6.45) is 4.67. The smallest absolute Gasteiger partial charge is 0.240 e. The van der Waals surface area contributed by atoms with Crippen molar-refractivity contribution in [3.05, 3.63) is 24.3 Å². The Hall–Kier alpha value is -1.53. The predicted molar refractivity (Wildman–Crippen MR) is 79.4 cm³/mol. The molecule has 1 aliphatic rings. The third kappa shape index (κ3) is 3.98. The van der Waals surface area contributed by atoms with Crippen LogP contribution in [0.15, 0.2) is 18.5 Å². The average Bonchev–Trinajstić information content (AvgIpc) is 3.17. The van der Waals surface area contributed by atoms with Crippen molar-refractivity contribution in [2.45, 2.75) is 63.8 Å². The number of ether oxygens (including phenoxy) is 1. The van der Waals surface area contributed by atoms with Gasteiger partial charge in [-0.3, -0.25) is 4.79 Å². The maximum atomic E-state index is 12.3. The molecule has 0 saturated heterocycles. The van der Waals surface area contributed by atoms with Crippen molar-refractivity contribution in [2.75, 3.05) is 0 Å². The summed E-state index contributed by atoms with van der Waals surface area (Å²) in [5.41, 5.74) is 5.22. The predicted octanol–water partition coefficient (Wildman–Crippen LogP) is 1.11. The Morgan fingerprint density at radius 3 is 2.43 bits per heavy atom. The van der Waals surface area contributed by atoms with Crippen LogP contribution in [-0.4, -0.2) is 33.6 Å². The molecule has 2 atom stereocenters. The van der Waals surface area contributed by atoms with Gasteiger partial charge in [-0.05, 0) is 46.6 Å². The molecule has 0 bridgehead atoms. The van der Waals surface area contributed by atoms with Crippen molar-refractivity contribution >= 4 is 5.91 Å². The highest BCUT2D eigenvalue weighted by atomic mass is 16.5. The first-order chi connectivity index (χ1) is 9.73. The van der Waals surface area contributed by atoms with Crippen molar-refractivity contribution in [3.8, 4) is 0 Å². The minimum Gasteiger partial charge on any atom is -0.371 e. The Labute approximate surface area is 125 Å². The number of hydrogen-bond acceptors (Lipinski definition) is 5. The molecule has 1 heterocycles. The van der Waals surface area contributed by atoms with Gasteiger partial charge in [0.25, 0.3) is 0 Å². The van der Waals surface area contributed by atoms with Gasteiger partial charge < -0.3 is 15.8 Å². The molecule has 1 amide bonds. The maximum Gasteiger partial charge on any atom is 0.240 e. The molecule has 0 spiro atoms. The van der Waals surface area contributed by atoms with E-state index in [1.807, 2.05) is 27.7 Å². The van der Waals surface area contributed by atoms with Gasteiger partial charge in [-0.15, -0.1) is 0 Å². The number of nitrogens with one attached hydrogen (secondary N) is 1. The molecule has 1 aromatic rings. The number of nitrogens with two attached hydrogens (primary N) is 1. The fraction of sp³-hybridized carbons (Fsp3) is 0.667. The summed E-state index contributed by atoms with van der Waals surface area (Å²) < 4.78 is 5.74. The van der Waals surface area contributed by atoms with Crippen LogP contribution in [0, 0.1) is 0 Å². The van der Waals surface area contributed by atoms with Crippen molar-refractivity contribution in [1.29, 1.82) is 0 Å². The first-order valence-corrected chi connectivity index (χ1v) is 7.26. The van der Waals surface area contributed by atoms with Crippen molar-refractivity contribution in [1.82, 2.24) is 15.3 Å².